The van der Waals surface area contributed by atoms with Crippen molar-refractivity contribution in [3.8, 4) is 5.69 Å². The molecule has 0 fully saturated rings. The predicted molar refractivity (Wildman–Crippen MR) is 115 cm³/mol. The third kappa shape index (κ3) is 3.78. The number of hydrogen-bond acceptors (Lipinski definition) is 4. The van der Waals surface area contributed by atoms with Crippen LogP contribution in [-0.4, -0.2) is 26.6 Å². The molecule has 1 amide bonds. The van der Waals surface area contributed by atoms with Crippen LogP contribution in [0.1, 0.15) is 23.4 Å². The van der Waals surface area contributed by atoms with Gasteiger partial charge in [-0.25, -0.2) is 4.98 Å². The van der Waals surface area contributed by atoms with Crippen LogP contribution in [0.15, 0.2) is 64.3 Å². The molecule has 3 aromatic heterocycles. The second kappa shape index (κ2) is 8.41. The number of aryl methyl sites for hydroxylation is 2. The fraction of sp³-hybridized carbons (Fsp3) is 0.261. The summed E-state index contributed by atoms with van der Waals surface area (Å²) >= 11 is 0. The topological polar surface area (TPSA) is 82.1 Å². The van der Waals surface area contributed by atoms with Crippen molar-refractivity contribution < 1.29 is 9.21 Å². The molecule has 0 spiro atoms. The Balaban J connectivity index is 1.50. The van der Waals surface area contributed by atoms with E-state index in [4.69, 9.17) is 4.42 Å². The number of amides is 1. The first-order valence-electron chi connectivity index (χ1n) is 9.98. The second-order valence-electron chi connectivity index (χ2n) is 7.25. The van der Waals surface area contributed by atoms with Crippen molar-refractivity contribution in [3.63, 3.8) is 0 Å². The summed E-state index contributed by atoms with van der Waals surface area (Å²) in [5, 5.41) is 3.45. The van der Waals surface area contributed by atoms with Crippen LogP contribution in [0.2, 0.25) is 0 Å². The number of para-hydroxylation sites is 1. The second-order valence-corrected chi connectivity index (χ2v) is 7.25. The molecule has 0 atom stereocenters. The van der Waals surface area contributed by atoms with Crippen LogP contribution in [0, 0.1) is 13.8 Å². The first kappa shape index (κ1) is 19.7. The normalized spacial score (nSPS) is 11.1. The standard InChI is InChI=1S/C23H24N4O3/c1-16-17(2)27(18-7-4-3-5-8-18)22-21(16)23(29)26(15-25-22)13-11-20(28)24-12-10-19-9-6-14-30-19/h3-9,14-15H,10-13H2,1-2H3,(H,24,28). The van der Waals surface area contributed by atoms with E-state index < -0.39 is 0 Å². The van der Waals surface area contributed by atoms with Crippen LogP contribution >= 0.6 is 0 Å². The van der Waals surface area contributed by atoms with Crippen molar-refractivity contribution in [3.05, 3.63) is 82.4 Å². The van der Waals surface area contributed by atoms with E-state index in [1.54, 1.807) is 6.26 Å². The summed E-state index contributed by atoms with van der Waals surface area (Å²) in [5.41, 5.74) is 3.37. The third-order valence-electron chi connectivity index (χ3n) is 5.35. The van der Waals surface area contributed by atoms with Gasteiger partial charge in [-0.1, -0.05) is 18.2 Å². The molecule has 0 aliphatic heterocycles. The molecule has 7 nitrogen and oxygen atoms in total. The van der Waals surface area contributed by atoms with Gasteiger partial charge in [-0.15, -0.1) is 0 Å². The van der Waals surface area contributed by atoms with Gasteiger partial charge in [-0.2, -0.15) is 0 Å². The van der Waals surface area contributed by atoms with Gasteiger partial charge in [-0.3, -0.25) is 18.7 Å². The molecule has 0 aliphatic carbocycles. The molecule has 7 heteroatoms. The SMILES string of the molecule is Cc1c(C)n(-c2ccccc2)c2ncn(CCC(=O)NCCc3ccco3)c(=O)c12. The molecular formula is C23H24N4O3. The van der Waals surface area contributed by atoms with Crippen LogP contribution in [0.3, 0.4) is 0 Å². The first-order chi connectivity index (χ1) is 14.6. The number of carbonyl (C=O) groups excluding carboxylic acids is 1. The fourth-order valence-corrected chi connectivity index (χ4v) is 3.63. The van der Waals surface area contributed by atoms with E-state index in [0.717, 1.165) is 22.7 Å². The molecule has 4 aromatic rings. The predicted octanol–water partition coefficient (Wildman–Crippen LogP) is 3.15. The Bertz CT molecular complexity index is 1220. The maximum Gasteiger partial charge on any atom is 0.263 e. The van der Waals surface area contributed by atoms with Gasteiger partial charge < -0.3 is 9.73 Å². The maximum atomic E-state index is 13.1. The number of benzene rings is 1. The molecule has 1 N–H and O–H groups in total. The van der Waals surface area contributed by atoms with E-state index in [-0.39, 0.29) is 24.4 Å². The van der Waals surface area contributed by atoms with Crippen LogP contribution in [0.4, 0.5) is 0 Å². The van der Waals surface area contributed by atoms with Gasteiger partial charge in [0.1, 0.15) is 5.76 Å². The summed E-state index contributed by atoms with van der Waals surface area (Å²) in [6.45, 7) is 4.70. The molecule has 0 saturated carbocycles. The third-order valence-corrected chi connectivity index (χ3v) is 5.35. The maximum absolute atomic E-state index is 13.1. The first-order valence-corrected chi connectivity index (χ1v) is 9.98. The van der Waals surface area contributed by atoms with Crippen LogP contribution < -0.4 is 10.9 Å². The lowest BCUT2D eigenvalue weighted by molar-refractivity contribution is -0.121. The van der Waals surface area contributed by atoms with Gasteiger partial charge in [0.2, 0.25) is 5.91 Å². The minimum Gasteiger partial charge on any atom is -0.469 e. The lowest BCUT2D eigenvalue weighted by atomic mass is 10.2. The zero-order chi connectivity index (χ0) is 21.1. The van der Waals surface area contributed by atoms with Crippen LogP contribution in [0.25, 0.3) is 16.7 Å². The summed E-state index contributed by atoms with van der Waals surface area (Å²) in [4.78, 5) is 29.8. The smallest absolute Gasteiger partial charge is 0.263 e. The Labute approximate surface area is 174 Å². The number of hydrogen-bond donors (Lipinski definition) is 1. The monoisotopic (exact) mass is 404 g/mol. The molecule has 4 rings (SSSR count). The number of aromatic nitrogens is 3. The zero-order valence-corrected chi connectivity index (χ0v) is 17.1. The average Bonchev–Trinajstić information content (AvgIpc) is 3.35. The highest BCUT2D eigenvalue weighted by atomic mass is 16.3. The number of fused-ring (bicyclic) bond motifs is 1. The van der Waals surface area contributed by atoms with Crippen molar-refractivity contribution >= 4 is 16.9 Å². The summed E-state index contributed by atoms with van der Waals surface area (Å²) in [7, 11) is 0. The molecule has 0 bridgehead atoms. The molecule has 0 radical (unpaired) electrons. The molecule has 0 aliphatic rings. The molecule has 154 valence electrons. The Kier molecular flexibility index (Phi) is 5.52. The Morgan fingerprint density at radius 1 is 1.13 bits per heavy atom. The molecular weight excluding hydrogens is 380 g/mol. The molecule has 30 heavy (non-hydrogen) atoms. The molecule has 0 saturated heterocycles. The number of nitrogens with zero attached hydrogens (tertiary/aromatic N) is 3. The van der Waals surface area contributed by atoms with E-state index in [0.29, 0.717) is 24.0 Å². The lowest BCUT2D eigenvalue weighted by Gasteiger charge is -2.09. The van der Waals surface area contributed by atoms with Gasteiger partial charge in [0.15, 0.2) is 5.65 Å². The Morgan fingerprint density at radius 2 is 1.93 bits per heavy atom. The molecule has 0 unspecified atom stereocenters. The highest BCUT2D eigenvalue weighted by molar-refractivity contribution is 5.83. The van der Waals surface area contributed by atoms with Gasteiger partial charge >= 0.3 is 0 Å². The van der Waals surface area contributed by atoms with Gasteiger partial charge in [0.05, 0.1) is 18.0 Å². The van der Waals surface area contributed by atoms with Crippen molar-refractivity contribution in [2.75, 3.05) is 6.54 Å². The molecule has 3 heterocycles. The van der Waals surface area contributed by atoms with Gasteiger partial charge in [0.25, 0.3) is 5.56 Å². The van der Waals surface area contributed by atoms with Crippen molar-refractivity contribution in [2.45, 2.75) is 33.2 Å². The highest BCUT2D eigenvalue weighted by Crippen LogP contribution is 2.24. The summed E-state index contributed by atoms with van der Waals surface area (Å²) in [5.74, 6) is 0.721. The van der Waals surface area contributed by atoms with Crippen molar-refractivity contribution in [1.29, 1.82) is 0 Å². The van der Waals surface area contributed by atoms with E-state index in [9.17, 15) is 9.59 Å². The quantitative estimate of drug-likeness (QED) is 0.513. The van der Waals surface area contributed by atoms with E-state index in [1.165, 1.54) is 10.9 Å². The number of rotatable bonds is 7. The van der Waals surface area contributed by atoms with Gasteiger partial charge in [0, 0.05) is 37.3 Å². The molecule has 1 aromatic carbocycles. The van der Waals surface area contributed by atoms with Crippen molar-refractivity contribution in [1.82, 2.24) is 19.4 Å². The Hall–Kier alpha value is -3.61. The minimum atomic E-state index is -0.126. The van der Waals surface area contributed by atoms with Gasteiger partial charge in [-0.05, 0) is 43.7 Å². The zero-order valence-electron chi connectivity index (χ0n) is 17.1. The van der Waals surface area contributed by atoms with Crippen molar-refractivity contribution in [2.24, 2.45) is 0 Å². The Morgan fingerprint density at radius 3 is 2.67 bits per heavy atom. The van der Waals surface area contributed by atoms with E-state index in [2.05, 4.69) is 10.3 Å². The highest BCUT2D eigenvalue weighted by Gasteiger charge is 2.18. The summed E-state index contributed by atoms with van der Waals surface area (Å²) in [6, 6.07) is 13.6. The van der Waals surface area contributed by atoms with Crippen LogP contribution in [-0.2, 0) is 17.8 Å². The minimum absolute atomic E-state index is 0.108. The van der Waals surface area contributed by atoms with E-state index in [1.807, 2.05) is 60.9 Å². The largest absolute Gasteiger partial charge is 0.469 e. The van der Waals surface area contributed by atoms with Crippen LogP contribution in [0.5, 0.6) is 0 Å². The summed E-state index contributed by atoms with van der Waals surface area (Å²) < 4.78 is 8.76. The summed E-state index contributed by atoms with van der Waals surface area (Å²) in [6.07, 6.45) is 3.99. The lowest BCUT2D eigenvalue weighted by Crippen LogP contribution is -2.29. The number of furan rings is 1. The number of nitrogens with one attached hydrogen (secondary N) is 1. The average molecular weight is 404 g/mol. The fourth-order valence-electron chi connectivity index (χ4n) is 3.63. The number of carbonyl (C=O) groups is 1. The van der Waals surface area contributed by atoms with E-state index >= 15 is 0 Å².